The molecule has 0 atom stereocenters. The molecule has 3 nitrogen and oxygen atoms in total. The van der Waals surface area contributed by atoms with E-state index in [0.29, 0.717) is 12.1 Å². The van der Waals surface area contributed by atoms with Gasteiger partial charge in [-0.25, -0.2) is 0 Å². The zero-order valence-electron chi connectivity index (χ0n) is 10.4. The molecule has 1 aromatic heterocycles. The Morgan fingerprint density at radius 3 is 2.44 bits per heavy atom. The third kappa shape index (κ3) is 3.42. The summed E-state index contributed by atoms with van der Waals surface area (Å²) in [6.07, 6.45) is 4.08. The van der Waals surface area contributed by atoms with E-state index >= 15 is 0 Å². The fraction of sp³-hybridized carbons (Fsp3) is 0.200. The maximum absolute atomic E-state index is 11.8. The number of nitrogens with zero attached hydrogens (tertiary/aromatic N) is 1. The highest BCUT2D eigenvalue weighted by molar-refractivity contribution is 5.93. The number of aryl methyl sites for hydroxylation is 1. The van der Waals surface area contributed by atoms with Crippen LogP contribution in [0.2, 0.25) is 0 Å². The molecule has 0 radical (unpaired) electrons. The Hall–Kier alpha value is -2.16. The maximum Gasteiger partial charge on any atom is 0.251 e. The lowest BCUT2D eigenvalue weighted by molar-refractivity contribution is 0.0954. The quantitative estimate of drug-likeness (QED) is 0.891. The Labute approximate surface area is 107 Å². The Balaban J connectivity index is 1.82. The van der Waals surface area contributed by atoms with E-state index in [4.69, 9.17) is 0 Å². The minimum absolute atomic E-state index is 0.0514. The van der Waals surface area contributed by atoms with Crippen LogP contribution in [0.3, 0.4) is 0 Å². The summed E-state index contributed by atoms with van der Waals surface area (Å²) in [5, 5.41) is 2.90. The lowest BCUT2D eigenvalue weighted by atomic mass is 10.1. The van der Waals surface area contributed by atoms with Gasteiger partial charge in [0.2, 0.25) is 0 Å². The Morgan fingerprint density at radius 2 is 1.78 bits per heavy atom. The van der Waals surface area contributed by atoms with Crippen LogP contribution >= 0.6 is 0 Å². The smallest absolute Gasteiger partial charge is 0.251 e. The second-order valence-corrected chi connectivity index (χ2v) is 4.23. The molecule has 1 heterocycles. The van der Waals surface area contributed by atoms with Crippen LogP contribution in [-0.4, -0.2) is 17.4 Å². The molecule has 1 amide bonds. The minimum atomic E-state index is -0.0514. The SMILES string of the molecule is Cc1ccc(CCNC(=O)c2ccncc2)cc1. The molecule has 3 heteroatoms. The van der Waals surface area contributed by atoms with Gasteiger partial charge in [0.25, 0.3) is 5.91 Å². The number of pyridine rings is 1. The molecule has 0 spiro atoms. The highest BCUT2D eigenvalue weighted by Gasteiger charge is 2.03. The van der Waals surface area contributed by atoms with Gasteiger partial charge in [-0.1, -0.05) is 29.8 Å². The second-order valence-electron chi connectivity index (χ2n) is 4.23. The van der Waals surface area contributed by atoms with Gasteiger partial charge in [-0.3, -0.25) is 9.78 Å². The first-order valence-corrected chi connectivity index (χ1v) is 5.99. The van der Waals surface area contributed by atoms with Gasteiger partial charge in [0.15, 0.2) is 0 Å². The molecule has 92 valence electrons. The lowest BCUT2D eigenvalue weighted by Gasteiger charge is -2.05. The third-order valence-electron chi connectivity index (χ3n) is 2.76. The summed E-state index contributed by atoms with van der Waals surface area (Å²) in [6.45, 7) is 2.71. The molecular formula is C15H16N2O. The topological polar surface area (TPSA) is 42.0 Å². The summed E-state index contributed by atoms with van der Waals surface area (Å²) in [6, 6.07) is 11.8. The van der Waals surface area contributed by atoms with Crippen molar-refractivity contribution in [2.24, 2.45) is 0 Å². The molecule has 0 bridgehead atoms. The van der Waals surface area contributed by atoms with Gasteiger partial charge in [-0.15, -0.1) is 0 Å². The summed E-state index contributed by atoms with van der Waals surface area (Å²) in [4.78, 5) is 15.6. The molecule has 0 saturated carbocycles. The van der Waals surface area contributed by atoms with E-state index in [2.05, 4.69) is 41.5 Å². The fourth-order valence-electron chi connectivity index (χ4n) is 1.68. The van der Waals surface area contributed by atoms with Gasteiger partial charge < -0.3 is 5.32 Å². The Kier molecular flexibility index (Phi) is 4.07. The van der Waals surface area contributed by atoms with Crippen LogP contribution in [0, 0.1) is 6.92 Å². The van der Waals surface area contributed by atoms with Crippen molar-refractivity contribution in [2.75, 3.05) is 6.54 Å². The van der Waals surface area contributed by atoms with E-state index in [0.717, 1.165) is 6.42 Å². The monoisotopic (exact) mass is 240 g/mol. The van der Waals surface area contributed by atoms with E-state index in [1.165, 1.54) is 11.1 Å². The van der Waals surface area contributed by atoms with Crippen LogP contribution in [0.4, 0.5) is 0 Å². The third-order valence-corrected chi connectivity index (χ3v) is 2.76. The highest BCUT2D eigenvalue weighted by atomic mass is 16.1. The normalized spacial score (nSPS) is 10.1. The second kappa shape index (κ2) is 5.96. The van der Waals surface area contributed by atoms with Crippen molar-refractivity contribution in [1.82, 2.24) is 10.3 Å². The van der Waals surface area contributed by atoms with Gasteiger partial charge in [-0.2, -0.15) is 0 Å². The van der Waals surface area contributed by atoms with Gasteiger partial charge in [0.05, 0.1) is 0 Å². The first kappa shape index (κ1) is 12.3. The molecular weight excluding hydrogens is 224 g/mol. The lowest BCUT2D eigenvalue weighted by Crippen LogP contribution is -2.25. The van der Waals surface area contributed by atoms with E-state index in [1.54, 1.807) is 24.5 Å². The van der Waals surface area contributed by atoms with Crippen molar-refractivity contribution in [3.05, 3.63) is 65.5 Å². The average molecular weight is 240 g/mol. The number of rotatable bonds is 4. The number of hydrogen-bond acceptors (Lipinski definition) is 2. The van der Waals surface area contributed by atoms with Crippen molar-refractivity contribution in [3.8, 4) is 0 Å². The molecule has 2 aromatic rings. The maximum atomic E-state index is 11.8. The zero-order valence-corrected chi connectivity index (χ0v) is 10.4. The zero-order chi connectivity index (χ0) is 12.8. The summed E-state index contributed by atoms with van der Waals surface area (Å²) < 4.78 is 0. The molecule has 18 heavy (non-hydrogen) atoms. The first-order chi connectivity index (χ1) is 8.75. The van der Waals surface area contributed by atoms with Gasteiger partial charge >= 0.3 is 0 Å². The largest absolute Gasteiger partial charge is 0.352 e. The number of nitrogens with one attached hydrogen (secondary N) is 1. The van der Waals surface area contributed by atoms with E-state index in [1.807, 2.05) is 0 Å². The van der Waals surface area contributed by atoms with Crippen molar-refractivity contribution < 1.29 is 4.79 Å². The predicted octanol–water partition coefficient (Wildman–Crippen LogP) is 2.36. The van der Waals surface area contributed by atoms with Gasteiger partial charge in [-0.05, 0) is 31.0 Å². The van der Waals surface area contributed by atoms with Crippen LogP contribution in [0.1, 0.15) is 21.5 Å². The summed E-state index contributed by atoms with van der Waals surface area (Å²) in [7, 11) is 0. The Bertz CT molecular complexity index is 506. The van der Waals surface area contributed by atoms with Crippen molar-refractivity contribution in [2.45, 2.75) is 13.3 Å². The number of benzene rings is 1. The number of aromatic nitrogens is 1. The molecule has 2 rings (SSSR count). The highest BCUT2D eigenvalue weighted by Crippen LogP contribution is 2.03. The number of hydrogen-bond donors (Lipinski definition) is 1. The Morgan fingerprint density at radius 1 is 1.11 bits per heavy atom. The van der Waals surface area contributed by atoms with E-state index in [-0.39, 0.29) is 5.91 Å². The molecule has 1 N–H and O–H groups in total. The van der Waals surface area contributed by atoms with Crippen LogP contribution in [-0.2, 0) is 6.42 Å². The molecule has 0 saturated heterocycles. The number of carbonyl (C=O) groups is 1. The summed E-state index contributed by atoms with van der Waals surface area (Å²) >= 11 is 0. The van der Waals surface area contributed by atoms with E-state index in [9.17, 15) is 4.79 Å². The molecule has 0 unspecified atom stereocenters. The predicted molar refractivity (Wildman–Crippen MR) is 71.5 cm³/mol. The minimum Gasteiger partial charge on any atom is -0.352 e. The van der Waals surface area contributed by atoms with Crippen LogP contribution in [0.25, 0.3) is 0 Å². The molecule has 0 aliphatic rings. The molecule has 0 aliphatic carbocycles. The van der Waals surface area contributed by atoms with Gasteiger partial charge in [0, 0.05) is 24.5 Å². The summed E-state index contributed by atoms with van der Waals surface area (Å²) in [5.41, 5.74) is 3.13. The molecule has 1 aromatic carbocycles. The van der Waals surface area contributed by atoms with Crippen LogP contribution in [0.5, 0.6) is 0 Å². The fourth-order valence-corrected chi connectivity index (χ4v) is 1.68. The van der Waals surface area contributed by atoms with Crippen LogP contribution < -0.4 is 5.32 Å². The van der Waals surface area contributed by atoms with E-state index < -0.39 is 0 Å². The van der Waals surface area contributed by atoms with Gasteiger partial charge in [0.1, 0.15) is 0 Å². The van der Waals surface area contributed by atoms with Crippen molar-refractivity contribution in [3.63, 3.8) is 0 Å². The number of amides is 1. The van der Waals surface area contributed by atoms with Crippen LogP contribution in [0.15, 0.2) is 48.8 Å². The molecule has 0 aliphatic heterocycles. The summed E-state index contributed by atoms with van der Waals surface area (Å²) in [5.74, 6) is -0.0514. The van der Waals surface area contributed by atoms with Crippen molar-refractivity contribution >= 4 is 5.91 Å². The number of carbonyl (C=O) groups excluding carboxylic acids is 1. The molecule has 0 fully saturated rings. The standard InChI is InChI=1S/C15H16N2O/c1-12-2-4-13(5-3-12)6-11-17-15(18)14-7-9-16-10-8-14/h2-5,7-10H,6,11H2,1H3,(H,17,18). The first-order valence-electron chi connectivity index (χ1n) is 5.99. The van der Waals surface area contributed by atoms with Crippen molar-refractivity contribution in [1.29, 1.82) is 0 Å². The average Bonchev–Trinajstić information content (AvgIpc) is 2.42.